The highest BCUT2D eigenvalue weighted by Gasteiger charge is 2.27. The molecule has 0 aliphatic rings. The van der Waals surface area contributed by atoms with E-state index in [2.05, 4.69) is 44.2 Å². The number of aromatic nitrogens is 2. The summed E-state index contributed by atoms with van der Waals surface area (Å²) in [5.74, 6) is 0. The highest BCUT2D eigenvalue weighted by molar-refractivity contribution is 5.08. The standard InChI is InChI=1S/C12H23N3/c1-6-8-13-11(12(2,3)4)10-7-9-15(5)14-10/h7,9,11,13H,6,8H2,1-5H3. The number of hydrogen-bond acceptors (Lipinski definition) is 2. The van der Waals surface area contributed by atoms with E-state index in [1.54, 1.807) is 0 Å². The van der Waals surface area contributed by atoms with Crippen molar-refractivity contribution in [3.63, 3.8) is 0 Å². The van der Waals surface area contributed by atoms with Gasteiger partial charge in [0.25, 0.3) is 0 Å². The lowest BCUT2D eigenvalue weighted by Gasteiger charge is -2.30. The molecular weight excluding hydrogens is 186 g/mol. The average molecular weight is 209 g/mol. The molecule has 3 nitrogen and oxygen atoms in total. The Balaban J connectivity index is 2.81. The van der Waals surface area contributed by atoms with Crippen LogP contribution in [0, 0.1) is 5.41 Å². The third-order valence-corrected chi connectivity index (χ3v) is 2.49. The first kappa shape index (κ1) is 12.2. The van der Waals surface area contributed by atoms with Crippen LogP contribution in [0.2, 0.25) is 0 Å². The van der Waals surface area contributed by atoms with Crippen LogP contribution in [0.1, 0.15) is 45.9 Å². The Hall–Kier alpha value is -0.830. The van der Waals surface area contributed by atoms with E-state index >= 15 is 0 Å². The summed E-state index contributed by atoms with van der Waals surface area (Å²) in [7, 11) is 1.96. The molecule has 0 aliphatic carbocycles. The molecule has 0 amide bonds. The van der Waals surface area contributed by atoms with Crippen LogP contribution in [-0.4, -0.2) is 16.3 Å². The second-order valence-corrected chi connectivity index (χ2v) is 5.17. The van der Waals surface area contributed by atoms with Crippen molar-refractivity contribution in [2.45, 2.75) is 40.2 Å². The number of nitrogens with zero attached hydrogens (tertiary/aromatic N) is 2. The maximum Gasteiger partial charge on any atom is 0.0799 e. The van der Waals surface area contributed by atoms with Crippen molar-refractivity contribution < 1.29 is 0 Å². The fourth-order valence-electron chi connectivity index (χ4n) is 1.73. The van der Waals surface area contributed by atoms with Gasteiger partial charge in [0.1, 0.15) is 0 Å². The summed E-state index contributed by atoms with van der Waals surface area (Å²) in [5.41, 5.74) is 1.34. The molecule has 1 rings (SSSR count). The number of rotatable bonds is 4. The van der Waals surface area contributed by atoms with E-state index in [-0.39, 0.29) is 5.41 Å². The van der Waals surface area contributed by atoms with E-state index in [0.717, 1.165) is 18.7 Å². The second-order valence-electron chi connectivity index (χ2n) is 5.17. The summed E-state index contributed by atoms with van der Waals surface area (Å²) in [5, 5.41) is 8.05. The molecule has 86 valence electrons. The molecule has 1 unspecified atom stereocenters. The van der Waals surface area contributed by atoms with Gasteiger partial charge < -0.3 is 5.32 Å². The second kappa shape index (κ2) is 4.79. The summed E-state index contributed by atoms with van der Waals surface area (Å²) in [4.78, 5) is 0. The minimum atomic E-state index is 0.198. The Morgan fingerprint density at radius 2 is 2.13 bits per heavy atom. The summed E-state index contributed by atoms with van der Waals surface area (Å²) >= 11 is 0. The van der Waals surface area contributed by atoms with Crippen LogP contribution in [0.25, 0.3) is 0 Å². The first-order chi connectivity index (χ1) is 6.95. The van der Waals surface area contributed by atoms with Gasteiger partial charge in [0.2, 0.25) is 0 Å². The van der Waals surface area contributed by atoms with Gasteiger partial charge in [0.15, 0.2) is 0 Å². The smallest absolute Gasteiger partial charge is 0.0799 e. The third kappa shape index (κ3) is 3.34. The zero-order valence-corrected chi connectivity index (χ0v) is 10.5. The molecule has 3 heteroatoms. The summed E-state index contributed by atoms with van der Waals surface area (Å²) < 4.78 is 1.86. The molecule has 0 bridgehead atoms. The zero-order valence-electron chi connectivity index (χ0n) is 10.5. The lowest BCUT2D eigenvalue weighted by molar-refractivity contribution is 0.267. The average Bonchev–Trinajstić information content (AvgIpc) is 2.50. The molecule has 0 aromatic carbocycles. The maximum absolute atomic E-state index is 4.48. The van der Waals surface area contributed by atoms with E-state index < -0.39 is 0 Å². The van der Waals surface area contributed by atoms with Crippen molar-refractivity contribution in [3.8, 4) is 0 Å². The topological polar surface area (TPSA) is 29.9 Å². The van der Waals surface area contributed by atoms with Crippen LogP contribution in [0.4, 0.5) is 0 Å². The molecule has 0 spiro atoms. The van der Waals surface area contributed by atoms with Crippen molar-refractivity contribution in [2.75, 3.05) is 6.54 Å². The van der Waals surface area contributed by atoms with Gasteiger partial charge in [-0.25, -0.2) is 0 Å². The lowest BCUT2D eigenvalue weighted by atomic mass is 9.85. The highest BCUT2D eigenvalue weighted by Crippen LogP contribution is 2.31. The van der Waals surface area contributed by atoms with Crippen molar-refractivity contribution >= 4 is 0 Å². The molecule has 1 heterocycles. The van der Waals surface area contributed by atoms with Gasteiger partial charge in [0.05, 0.1) is 11.7 Å². The van der Waals surface area contributed by atoms with Crippen molar-refractivity contribution in [1.82, 2.24) is 15.1 Å². The Labute approximate surface area is 92.9 Å². The van der Waals surface area contributed by atoms with E-state index in [4.69, 9.17) is 0 Å². The first-order valence-electron chi connectivity index (χ1n) is 5.68. The number of aryl methyl sites for hydroxylation is 1. The largest absolute Gasteiger partial charge is 0.308 e. The molecule has 1 aromatic rings. The van der Waals surface area contributed by atoms with Crippen LogP contribution >= 0.6 is 0 Å². The summed E-state index contributed by atoms with van der Waals surface area (Å²) in [6.07, 6.45) is 3.15. The van der Waals surface area contributed by atoms with Crippen LogP contribution in [0.3, 0.4) is 0 Å². The molecule has 0 saturated heterocycles. The molecule has 1 N–H and O–H groups in total. The predicted octanol–water partition coefficient (Wildman–Crippen LogP) is 2.51. The molecular formula is C12H23N3. The predicted molar refractivity (Wildman–Crippen MR) is 63.7 cm³/mol. The van der Waals surface area contributed by atoms with Gasteiger partial charge >= 0.3 is 0 Å². The molecule has 0 aliphatic heterocycles. The van der Waals surface area contributed by atoms with Crippen molar-refractivity contribution in [3.05, 3.63) is 18.0 Å². The van der Waals surface area contributed by atoms with E-state index in [0.29, 0.717) is 6.04 Å². The van der Waals surface area contributed by atoms with E-state index in [1.165, 1.54) is 0 Å². The van der Waals surface area contributed by atoms with Gasteiger partial charge in [0, 0.05) is 13.2 Å². The van der Waals surface area contributed by atoms with Gasteiger partial charge in [-0.1, -0.05) is 27.7 Å². The highest BCUT2D eigenvalue weighted by atomic mass is 15.3. The van der Waals surface area contributed by atoms with Crippen LogP contribution < -0.4 is 5.32 Å². The zero-order chi connectivity index (χ0) is 11.5. The maximum atomic E-state index is 4.48. The lowest BCUT2D eigenvalue weighted by Crippen LogP contribution is -2.33. The first-order valence-corrected chi connectivity index (χ1v) is 5.68. The molecule has 0 fully saturated rings. The summed E-state index contributed by atoms with van der Waals surface area (Å²) in [6, 6.07) is 2.43. The van der Waals surface area contributed by atoms with Crippen molar-refractivity contribution in [1.29, 1.82) is 0 Å². The van der Waals surface area contributed by atoms with Gasteiger partial charge in [-0.15, -0.1) is 0 Å². The Kier molecular flexibility index (Phi) is 3.91. The fraction of sp³-hybridized carbons (Fsp3) is 0.750. The minimum Gasteiger partial charge on any atom is -0.308 e. The van der Waals surface area contributed by atoms with Crippen LogP contribution in [0.15, 0.2) is 12.3 Å². The normalized spacial score (nSPS) is 14.2. The molecule has 15 heavy (non-hydrogen) atoms. The molecule has 0 radical (unpaired) electrons. The van der Waals surface area contributed by atoms with Gasteiger partial charge in [-0.2, -0.15) is 5.10 Å². The Bertz CT molecular complexity index is 296. The van der Waals surface area contributed by atoms with E-state index in [9.17, 15) is 0 Å². The van der Waals surface area contributed by atoms with Crippen molar-refractivity contribution in [2.24, 2.45) is 12.5 Å². The molecule has 1 aromatic heterocycles. The Morgan fingerprint density at radius 1 is 1.47 bits per heavy atom. The minimum absolute atomic E-state index is 0.198. The van der Waals surface area contributed by atoms with Crippen LogP contribution in [0.5, 0.6) is 0 Å². The quantitative estimate of drug-likeness (QED) is 0.825. The monoisotopic (exact) mass is 209 g/mol. The van der Waals surface area contributed by atoms with E-state index in [1.807, 2.05) is 17.9 Å². The number of nitrogens with one attached hydrogen (secondary N) is 1. The third-order valence-electron chi connectivity index (χ3n) is 2.49. The van der Waals surface area contributed by atoms with Gasteiger partial charge in [-0.05, 0) is 24.4 Å². The van der Waals surface area contributed by atoms with Gasteiger partial charge in [-0.3, -0.25) is 4.68 Å². The SMILES string of the molecule is CCCNC(c1ccn(C)n1)C(C)(C)C. The molecule has 0 saturated carbocycles. The fourth-order valence-corrected chi connectivity index (χ4v) is 1.73. The Morgan fingerprint density at radius 3 is 2.53 bits per heavy atom. The van der Waals surface area contributed by atoms with Crippen LogP contribution in [-0.2, 0) is 7.05 Å². The molecule has 1 atom stereocenters. The number of hydrogen-bond donors (Lipinski definition) is 1. The summed E-state index contributed by atoms with van der Waals surface area (Å²) in [6.45, 7) is 9.96.